The topological polar surface area (TPSA) is 78.5 Å². The Kier molecular flexibility index (Phi) is 4.41. The number of nitrogens with one attached hydrogen (secondary N) is 2. The smallest absolute Gasteiger partial charge is 0.250 e. The van der Waals surface area contributed by atoms with Crippen LogP contribution in [-0.2, 0) is 19.9 Å². The first-order valence-electron chi connectivity index (χ1n) is 10.2. The average Bonchev–Trinajstić information content (AvgIpc) is 3.13. The van der Waals surface area contributed by atoms with E-state index in [9.17, 15) is 14.4 Å². The fourth-order valence-electron chi connectivity index (χ4n) is 5.37. The van der Waals surface area contributed by atoms with Crippen LogP contribution in [0.1, 0.15) is 52.2 Å². The predicted octanol–water partition coefficient (Wildman–Crippen LogP) is 3.21. The summed E-state index contributed by atoms with van der Waals surface area (Å²) >= 11 is 6.43. The van der Waals surface area contributed by atoms with E-state index in [0.29, 0.717) is 28.6 Å². The van der Waals surface area contributed by atoms with Crippen LogP contribution in [0.2, 0.25) is 5.02 Å². The molecule has 0 aromatic heterocycles. The molecule has 2 fully saturated rings. The number of halogens is 1. The Morgan fingerprint density at radius 3 is 2.41 bits per heavy atom. The Bertz CT molecular complexity index is 936. The van der Waals surface area contributed by atoms with Gasteiger partial charge in [0.1, 0.15) is 5.54 Å². The summed E-state index contributed by atoms with van der Waals surface area (Å²) in [4.78, 5) is 41.8. The zero-order valence-electron chi connectivity index (χ0n) is 17.7. The van der Waals surface area contributed by atoms with Crippen LogP contribution in [-0.4, -0.2) is 34.2 Å². The number of amides is 3. The van der Waals surface area contributed by atoms with Crippen LogP contribution in [0.5, 0.6) is 0 Å². The van der Waals surface area contributed by atoms with E-state index in [1.54, 1.807) is 6.07 Å². The lowest BCUT2D eigenvalue weighted by atomic mass is 9.76. The van der Waals surface area contributed by atoms with Crippen molar-refractivity contribution in [3.05, 3.63) is 28.3 Å². The molecular formula is C22H28ClN3O3. The van der Waals surface area contributed by atoms with Crippen LogP contribution in [0.25, 0.3) is 0 Å². The molecule has 3 amide bonds. The predicted molar refractivity (Wildman–Crippen MR) is 111 cm³/mol. The van der Waals surface area contributed by atoms with Crippen LogP contribution in [0, 0.1) is 24.7 Å². The molecule has 3 heterocycles. The fraction of sp³-hybridized carbons (Fsp3) is 0.591. The molecule has 4 atom stereocenters. The van der Waals surface area contributed by atoms with Gasteiger partial charge in [0.2, 0.25) is 17.7 Å². The van der Waals surface area contributed by atoms with Gasteiger partial charge in [0, 0.05) is 17.1 Å². The highest BCUT2D eigenvalue weighted by Gasteiger charge is 2.71. The number of anilines is 1. The molecule has 1 aromatic carbocycles. The lowest BCUT2D eigenvalue weighted by molar-refractivity contribution is -0.147. The molecule has 3 aliphatic rings. The van der Waals surface area contributed by atoms with Crippen molar-refractivity contribution in [3.63, 3.8) is 0 Å². The maximum absolute atomic E-state index is 13.6. The third kappa shape index (κ3) is 2.68. The Balaban J connectivity index is 1.94. The number of hydrogen-bond acceptors (Lipinski definition) is 4. The molecule has 6 nitrogen and oxygen atoms in total. The second kappa shape index (κ2) is 6.29. The van der Waals surface area contributed by atoms with Crippen molar-refractivity contribution in [3.8, 4) is 0 Å². The van der Waals surface area contributed by atoms with Crippen LogP contribution in [0.4, 0.5) is 5.69 Å². The monoisotopic (exact) mass is 417 g/mol. The number of fused-ring (bicyclic) bond motifs is 4. The minimum atomic E-state index is -1.28. The van der Waals surface area contributed by atoms with Gasteiger partial charge in [-0.3, -0.25) is 24.6 Å². The van der Waals surface area contributed by atoms with E-state index >= 15 is 0 Å². The number of hydrogen-bond donors (Lipinski definition) is 2. The zero-order chi connectivity index (χ0) is 21.5. The standard InChI is InChI=1S/C22H28ClN3O3/c1-10(2)7-14-15-16(19(28)26(18(15)27)21(4,5)6)22(25-14)12-8-11(3)9-13(23)17(12)24-20(22)29/h8-10,14-16,25H,7H2,1-6H3,(H,24,29). The van der Waals surface area contributed by atoms with E-state index in [2.05, 4.69) is 24.5 Å². The van der Waals surface area contributed by atoms with Crippen molar-refractivity contribution in [1.29, 1.82) is 0 Å². The number of imide groups is 1. The third-order valence-corrected chi connectivity index (χ3v) is 6.61. The fourth-order valence-corrected chi connectivity index (χ4v) is 5.69. The van der Waals surface area contributed by atoms with Crippen molar-refractivity contribution in [1.82, 2.24) is 10.2 Å². The molecule has 29 heavy (non-hydrogen) atoms. The first-order valence-corrected chi connectivity index (χ1v) is 10.5. The Morgan fingerprint density at radius 1 is 1.17 bits per heavy atom. The van der Waals surface area contributed by atoms with E-state index in [-0.39, 0.29) is 23.8 Å². The molecule has 4 unspecified atom stereocenters. The number of carbonyl (C=O) groups is 3. The van der Waals surface area contributed by atoms with Crippen molar-refractivity contribution in [2.45, 2.75) is 65.1 Å². The maximum atomic E-state index is 13.6. The Morgan fingerprint density at radius 2 is 1.83 bits per heavy atom. The van der Waals surface area contributed by atoms with Crippen LogP contribution >= 0.6 is 11.6 Å². The summed E-state index contributed by atoms with van der Waals surface area (Å²) in [6.07, 6.45) is 0.697. The highest BCUT2D eigenvalue weighted by Crippen LogP contribution is 2.55. The van der Waals surface area contributed by atoms with Crippen LogP contribution < -0.4 is 10.6 Å². The van der Waals surface area contributed by atoms with E-state index in [1.807, 2.05) is 33.8 Å². The summed E-state index contributed by atoms with van der Waals surface area (Å²) < 4.78 is 0. The second-order valence-corrected chi connectivity index (χ2v) is 10.4. The Hall–Kier alpha value is -1.92. The Labute approximate surface area is 176 Å². The van der Waals surface area contributed by atoms with E-state index in [0.717, 1.165) is 5.56 Å². The van der Waals surface area contributed by atoms with Gasteiger partial charge in [0.25, 0.3) is 0 Å². The molecule has 1 spiro atoms. The number of aryl methyl sites for hydroxylation is 1. The molecule has 2 saturated heterocycles. The van der Waals surface area contributed by atoms with E-state index < -0.39 is 22.9 Å². The van der Waals surface area contributed by atoms with Crippen LogP contribution in [0.3, 0.4) is 0 Å². The van der Waals surface area contributed by atoms with E-state index in [4.69, 9.17) is 11.6 Å². The minimum Gasteiger partial charge on any atom is -0.323 e. The van der Waals surface area contributed by atoms with Crippen molar-refractivity contribution in [2.24, 2.45) is 17.8 Å². The second-order valence-electron chi connectivity index (χ2n) is 10.00. The first kappa shape index (κ1) is 20.4. The molecule has 0 aliphatic carbocycles. The summed E-state index contributed by atoms with van der Waals surface area (Å²) in [5.41, 5.74) is 0.185. The summed E-state index contributed by atoms with van der Waals surface area (Å²) in [6, 6.07) is 3.43. The number of carbonyl (C=O) groups excluding carboxylic acids is 3. The quantitative estimate of drug-likeness (QED) is 0.724. The molecule has 1 aromatic rings. The van der Waals surface area contributed by atoms with Gasteiger partial charge in [-0.1, -0.05) is 31.5 Å². The van der Waals surface area contributed by atoms with Crippen molar-refractivity contribution < 1.29 is 14.4 Å². The molecule has 7 heteroatoms. The summed E-state index contributed by atoms with van der Waals surface area (Å²) in [5.74, 6) is -1.83. The van der Waals surface area contributed by atoms with Gasteiger partial charge in [-0.2, -0.15) is 0 Å². The van der Waals surface area contributed by atoms with Gasteiger partial charge in [0.05, 0.1) is 22.5 Å². The molecule has 4 rings (SSSR count). The molecular weight excluding hydrogens is 390 g/mol. The third-order valence-electron chi connectivity index (χ3n) is 6.32. The number of benzene rings is 1. The molecule has 2 N–H and O–H groups in total. The lowest BCUT2D eigenvalue weighted by Gasteiger charge is -2.35. The van der Waals surface area contributed by atoms with Crippen molar-refractivity contribution >= 4 is 35.0 Å². The van der Waals surface area contributed by atoms with Gasteiger partial charge in [0.15, 0.2) is 0 Å². The lowest BCUT2D eigenvalue weighted by Crippen LogP contribution is -2.55. The van der Waals surface area contributed by atoms with Gasteiger partial charge >= 0.3 is 0 Å². The van der Waals surface area contributed by atoms with E-state index in [1.165, 1.54) is 4.90 Å². The highest BCUT2D eigenvalue weighted by molar-refractivity contribution is 6.35. The number of rotatable bonds is 2. The molecule has 0 bridgehead atoms. The van der Waals surface area contributed by atoms with Crippen LogP contribution in [0.15, 0.2) is 12.1 Å². The van der Waals surface area contributed by atoms with Crippen molar-refractivity contribution in [2.75, 3.05) is 5.32 Å². The number of nitrogens with zero attached hydrogens (tertiary/aromatic N) is 1. The summed E-state index contributed by atoms with van der Waals surface area (Å²) in [7, 11) is 0. The maximum Gasteiger partial charge on any atom is 0.250 e. The van der Waals surface area contributed by atoms with Gasteiger partial charge in [-0.15, -0.1) is 0 Å². The van der Waals surface area contributed by atoms with Gasteiger partial charge in [-0.05, 0) is 51.7 Å². The highest BCUT2D eigenvalue weighted by atomic mass is 35.5. The normalized spacial score (nSPS) is 31.1. The summed E-state index contributed by atoms with van der Waals surface area (Å²) in [5, 5.41) is 6.78. The SMILES string of the molecule is Cc1cc(Cl)c2c(c1)C1(NC(CC(C)C)C3C(=O)N(C(C)(C)C)C(=O)C31)C(=O)N2. The molecule has 3 aliphatic heterocycles. The average molecular weight is 418 g/mol. The van der Waals surface area contributed by atoms with Gasteiger partial charge < -0.3 is 5.32 Å². The zero-order valence-corrected chi connectivity index (χ0v) is 18.5. The minimum absolute atomic E-state index is 0.192. The molecule has 0 saturated carbocycles. The molecule has 0 radical (unpaired) electrons. The van der Waals surface area contributed by atoms with Gasteiger partial charge in [-0.25, -0.2) is 0 Å². The first-order chi connectivity index (χ1) is 13.4. The number of likely N-dealkylation sites (tertiary alicyclic amines) is 1. The largest absolute Gasteiger partial charge is 0.323 e. The molecule has 156 valence electrons. The summed E-state index contributed by atoms with van der Waals surface area (Å²) in [6.45, 7) is 11.6.